The van der Waals surface area contributed by atoms with Crippen LogP contribution < -0.4 is 5.32 Å². The molecule has 0 aliphatic rings. The van der Waals surface area contributed by atoms with E-state index in [9.17, 15) is 0 Å². The number of nitrogens with one attached hydrogen (secondary N) is 1. The Labute approximate surface area is 131 Å². The van der Waals surface area contributed by atoms with Crippen molar-refractivity contribution >= 4 is 11.3 Å². The van der Waals surface area contributed by atoms with E-state index in [1.807, 2.05) is 23.7 Å². The Kier molecular flexibility index (Phi) is 5.12. The molecule has 1 N–H and O–H groups in total. The van der Waals surface area contributed by atoms with Crippen molar-refractivity contribution in [3.63, 3.8) is 0 Å². The molecule has 0 saturated carbocycles. The fourth-order valence-electron chi connectivity index (χ4n) is 2.15. The molecule has 0 aliphatic heterocycles. The largest absolute Gasteiger partial charge is 0.310 e. The summed E-state index contributed by atoms with van der Waals surface area (Å²) in [5.41, 5.74) is 2.58. The summed E-state index contributed by atoms with van der Waals surface area (Å²) < 4.78 is 0. The van der Waals surface area contributed by atoms with Crippen LogP contribution in [-0.4, -0.2) is 16.0 Å². The van der Waals surface area contributed by atoms with Crippen LogP contribution in [0.5, 0.6) is 0 Å². The molecule has 4 heteroatoms. The summed E-state index contributed by atoms with van der Waals surface area (Å²) >= 11 is 1.83. The van der Waals surface area contributed by atoms with Gasteiger partial charge < -0.3 is 5.32 Å². The molecule has 2 aromatic heterocycles. The lowest BCUT2D eigenvalue weighted by atomic mass is 9.91. The molecule has 0 aliphatic carbocycles. The van der Waals surface area contributed by atoms with Gasteiger partial charge >= 0.3 is 0 Å². The van der Waals surface area contributed by atoms with Crippen molar-refractivity contribution in [3.05, 3.63) is 45.7 Å². The van der Waals surface area contributed by atoms with Crippen LogP contribution >= 0.6 is 11.3 Å². The van der Waals surface area contributed by atoms with E-state index in [1.54, 1.807) is 0 Å². The molecule has 21 heavy (non-hydrogen) atoms. The lowest BCUT2D eigenvalue weighted by Crippen LogP contribution is -2.23. The lowest BCUT2D eigenvalue weighted by Gasteiger charge is -2.18. The predicted octanol–water partition coefficient (Wildman–Crippen LogP) is 3.92. The molecular formula is C17H25N3S. The van der Waals surface area contributed by atoms with Gasteiger partial charge in [0.25, 0.3) is 0 Å². The van der Waals surface area contributed by atoms with E-state index in [0.29, 0.717) is 6.04 Å². The summed E-state index contributed by atoms with van der Waals surface area (Å²) in [7, 11) is 0. The van der Waals surface area contributed by atoms with Gasteiger partial charge in [-0.2, -0.15) is 0 Å². The quantitative estimate of drug-likeness (QED) is 0.909. The van der Waals surface area contributed by atoms with Crippen molar-refractivity contribution in [3.8, 4) is 0 Å². The monoisotopic (exact) mass is 303 g/mol. The zero-order valence-electron chi connectivity index (χ0n) is 13.6. The predicted molar refractivity (Wildman–Crippen MR) is 89.8 cm³/mol. The van der Waals surface area contributed by atoms with Crippen LogP contribution in [0.4, 0.5) is 0 Å². The zero-order valence-corrected chi connectivity index (χ0v) is 14.4. The SMILES string of the molecule is CC(C)NCc1sc(Cc2ccncc2)nc1C(C)(C)C. The Morgan fingerprint density at radius 3 is 2.43 bits per heavy atom. The second-order valence-electron chi connectivity index (χ2n) is 6.70. The van der Waals surface area contributed by atoms with Crippen LogP contribution in [-0.2, 0) is 18.4 Å². The van der Waals surface area contributed by atoms with Crippen molar-refractivity contribution in [1.29, 1.82) is 0 Å². The number of pyridine rings is 1. The molecule has 0 bridgehead atoms. The van der Waals surface area contributed by atoms with Crippen molar-refractivity contribution in [1.82, 2.24) is 15.3 Å². The van der Waals surface area contributed by atoms with E-state index in [-0.39, 0.29) is 5.41 Å². The number of aromatic nitrogens is 2. The van der Waals surface area contributed by atoms with Crippen LogP contribution in [0.3, 0.4) is 0 Å². The van der Waals surface area contributed by atoms with E-state index in [1.165, 1.54) is 21.1 Å². The molecule has 2 rings (SSSR count). The smallest absolute Gasteiger partial charge is 0.0975 e. The van der Waals surface area contributed by atoms with Crippen molar-refractivity contribution in [2.45, 2.75) is 59.0 Å². The number of hydrogen-bond donors (Lipinski definition) is 1. The van der Waals surface area contributed by atoms with Gasteiger partial charge in [0, 0.05) is 41.7 Å². The van der Waals surface area contributed by atoms with Gasteiger partial charge in [0.2, 0.25) is 0 Å². The highest BCUT2D eigenvalue weighted by atomic mass is 32.1. The molecule has 0 fully saturated rings. The normalized spacial score (nSPS) is 12.1. The Morgan fingerprint density at radius 1 is 1.19 bits per heavy atom. The molecule has 0 aromatic carbocycles. The summed E-state index contributed by atoms with van der Waals surface area (Å²) in [4.78, 5) is 10.3. The van der Waals surface area contributed by atoms with Crippen molar-refractivity contribution < 1.29 is 0 Å². The minimum Gasteiger partial charge on any atom is -0.310 e. The van der Waals surface area contributed by atoms with Gasteiger partial charge in [0.05, 0.1) is 10.7 Å². The molecule has 2 aromatic rings. The number of thiazole rings is 1. The van der Waals surface area contributed by atoms with Gasteiger partial charge in [-0.05, 0) is 17.7 Å². The average Bonchev–Trinajstić information content (AvgIpc) is 2.80. The second-order valence-corrected chi connectivity index (χ2v) is 7.87. The molecule has 0 saturated heterocycles. The fourth-order valence-corrected chi connectivity index (χ4v) is 3.42. The Morgan fingerprint density at radius 2 is 1.86 bits per heavy atom. The summed E-state index contributed by atoms with van der Waals surface area (Å²) in [6.07, 6.45) is 4.57. The van der Waals surface area contributed by atoms with Gasteiger partial charge in [-0.3, -0.25) is 4.98 Å². The molecule has 0 amide bonds. The second kappa shape index (κ2) is 6.67. The summed E-state index contributed by atoms with van der Waals surface area (Å²) in [5.74, 6) is 0. The first kappa shape index (κ1) is 16.1. The van der Waals surface area contributed by atoms with Gasteiger partial charge in [0.15, 0.2) is 0 Å². The van der Waals surface area contributed by atoms with Gasteiger partial charge in [0.1, 0.15) is 0 Å². The zero-order chi connectivity index (χ0) is 15.5. The van der Waals surface area contributed by atoms with Crippen LogP contribution in [0.25, 0.3) is 0 Å². The first-order valence-electron chi connectivity index (χ1n) is 7.47. The van der Waals surface area contributed by atoms with E-state index in [2.05, 4.69) is 57.1 Å². The van der Waals surface area contributed by atoms with E-state index < -0.39 is 0 Å². The maximum atomic E-state index is 4.91. The minimum atomic E-state index is 0.0843. The highest BCUT2D eigenvalue weighted by Gasteiger charge is 2.23. The first-order chi connectivity index (χ1) is 9.86. The Balaban J connectivity index is 2.23. The van der Waals surface area contributed by atoms with Crippen LogP contribution in [0, 0.1) is 0 Å². The third kappa shape index (κ3) is 4.61. The third-order valence-electron chi connectivity index (χ3n) is 3.23. The molecule has 0 atom stereocenters. The van der Waals surface area contributed by atoms with Crippen LogP contribution in [0.15, 0.2) is 24.5 Å². The molecule has 2 heterocycles. The maximum absolute atomic E-state index is 4.91. The van der Waals surface area contributed by atoms with Crippen LogP contribution in [0.1, 0.15) is 55.8 Å². The number of rotatable bonds is 5. The fraction of sp³-hybridized carbons (Fsp3) is 0.529. The first-order valence-corrected chi connectivity index (χ1v) is 8.29. The van der Waals surface area contributed by atoms with Crippen molar-refractivity contribution in [2.24, 2.45) is 0 Å². The number of hydrogen-bond acceptors (Lipinski definition) is 4. The third-order valence-corrected chi connectivity index (χ3v) is 4.28. The molecule has 114 valence electrons. The molecule has 3 nitrogen and oxygen atoms in total. The topological polar surface area (TPSA) is 37.8 Å². The molecular weight excluding hydrogens is 278 g/mol. The van der Waals surface area contributed by atoms with Crippen LogP contribution in [0.2, 0.25) is 0 Å². The highest BCUT2D eigenvalue weighted by molar-refractivity contribution is 7.11. The van der Waals surface area contributed by atoms with Gasteiger partial charge in [-0.15, -0.1) is 11.3 Å². The average molecular weight is 303 g/mol. The molecule has 0 spiro atoms. The van der Waals surface area contributed by atoms with E-state index in [4.69, 9.17) is 4.98 Å². The van der Waals surface area contributed by atoms with E-state index >= 15 is 0 Å². The van der Waals surface area contributed by atoms with Gasteiger partial charge in [-0.25, -0.2) is 4.98 Å². The maximum Gasteiger partial charge on any atom is 0.0975 e. The van der Waals surface area contributed by atoms with Gasteiger partial charge in [-0.1, -0.05) is 34.6 Å². The Bertz CT molecular complexity index is 567. The molecule has 0 radical (unpaired) electrons. The lowest BCUT2D eigenvalue weighted by molar-refractivity contribution is 0.545. The standard InChI is InChI=1S/C17H25N3S/c1-12(2)19-11-14-16(17(3,4)5)20-15(21-14)10-13-6-8-18-9-7-13/h6-9,12,19H,10-11H2,1-5H3. The molecule has 0 unspecified atom stereocenters. The Hall–Kier alpha value is -1.26. The minimum absolute atomic E-state index is 0.0843. The van der Waals surface area contributed by atoms with E-state index in [0.717, 1.165) is 13.0 Å². The highest BCUT2D eigenvalue weighted by Crippen LogP contribution is 2.30. The number of nitrogens with zero attached hydrogens (tertiary/aromatic N) is 2. The summed E-state index contributed by atoms with van der Waals surface area (Å²) in [5, 5.41) is 4.70. The summed E-state index contributed by atoms with van der Waals surface area (Å²) in [6.45, 7) is 12.0. The van der Waals surface area contributed by atoms with Crippen molar-refractivity contribution in [2.75, 3.05) is 0 Å². The summed E-state index contributed by atoms with van der Waals surface area (Å²) in [6, 6.07) is 4.61.